The molecule has 2 aliphatic heterocycles. The molecule has 0 radical (unpaired) electrons. The van der Waals surface area contributed by atoms with E-state index in [1.807, 2.05) is 6.92 Å². The summed E-state index contributed by atoms with van der Waals surface area (Å²) < 4.78 is 5.83. The van der Waals surface area contributed by atoms with Gasteiger partial charge in [-0.2, -0.15) is 0 Å². The maximum Gasteiger partial charge on any atom is 0.223 e. The predicted molar refractivity (Wildman–Crippen MR) is 90.3 cm³/mol. The topological polar surface area (TPSA) is 99.0 Å². The Morgan fingerprint density at radius 2 is 2.17 bits per heavy atom. The molecule has 1 aliphatic carbocycles. The zero-order valence-corrected chi connectivity index (χ0v) is 14.7. The Morgan fingerprint density at radius 3 is 2.71 bits per heavy atom. The minimum atomic E-state index is -0.694. The lowest BCUT2D eigenvalue weighted by Gasteiger charge is -2.59. The zero-order valence-electron chi connectivity index (χ0n) is 14.7. The van der Waals surface area contributed by atoms with Crippen molar-refractivity contribution in [3.05, 3.63) is 12.2 Å². The van der Waals surface area contributed by atoms with Crippen molar-refractivity contribution in [3.8, 4) is 0 Å². The minimum Gasteiger partial charge on any atom is -0.400 e. The van der Waals surface area contributed by atoms with Crippen LogP contribution in [0.5, 0.6) is 0 Å². The van der Waals surface area contributed by atoms with Gasteiger partial charge in [0.05, 0.1) is 18.3 Å². The summed E-state index contributed by atoms with van der Waals surface area (Å²) in [6, 6.07) is 0. The standard InChI is InChI=1S/C17H27NO4.CH4O/c1-16-9-7-13(8-10-19)15(21)18-17(16,11-22-16)14(20)12-5-3-2-4-6-12;1-2/h3,5,12-14,19-20H,2,4,6-11H2,1H3,(H,18,21);2H,1H3/t12-,13+,14+,16+,17-;/m1./s1. The highest BCUT2D eigenvalue weighted by atomic mass is 16.5. The number of amides is 1. The molecule has 3 aliphatic rings. The highest BCUT2D eigenvalue weighted by molar-refractivity contribution is 5.80. The van der Waals surface area contributed by atoms with Gasteiger partial charge in [0.25, 0.3) is 0 Å². The van der Waals surface area contributed by atoms with Crippen LogP contribution in [0.15, 0.2) is 12.2 Å². The van der Waals surface area contributed by atoms with Gasteiger partial charge in [-0.05, 0) is 45.4 Å². The second-order valence-corrected chi connectivity index (χ2v) is 7.20. The van der Waals surface area contributed by atoms with E-state index >= 15 is 0 Å². The first kappa shape index (κ1) is 19.4. The van der Waals surface area contributed by atoms with Crippen molar-refractivity contribution in [3.63, 3.8) is 0 Å². The van der Waals surface area contributed by atoms with Crippen LogP contribution in [0.25, 0.3) is 0 Å². The van der Waals surface area contributed by atoms with E-state index in [4.69, 9.17) is 14.9 Å². The van der Waals surface area contributed by atoms with Gasteiger partial charge in [0.15, 0.2) is 0 Å². The number of aliphatic hydroxyl groups excluding tert-OH is 3. The molecule has 2 heterocycles. The molecule has 6 heteroatoms. The van der Waals surface area contributed by atoms with E-state index in [9.17, 15) is 9.90 Å². The van der Waals surface area contributed by atoms with E-state index in [1.54, 1.807) is 0 Å². The second kappa shape index (κ2) is 7.95. The van der Waals surface area contributed by atoms with E-state index in [0.29, 0.717) is 19.4 Å². The molecule has 0 bridgehead atoms. The number of hydrogen-bond acceptors (Lipinski definition) is 5. The van der Waals surface area contributed by atoms with Crippen molar-refractivity contribution >= 4 is 5.91 Å². The molecule has 0 aromatic heterocycles. The number of hydrogen-bond donors (Lipinski definition) is 4. The van der Waals surface area contributed by atoms with Crippen LogP contribution in [0, 0.1) is 11.8 Å². The first-order valence-corrected chi connectivity index (χ1v) is 8.89. The van der Waals surface area contributed by atoms with Crippen LogP contribution in [0.1, 0.15) is 45.4 Å². The second-order valence-electron chi connectivity index (χ2n) is 7.20. The van der Waals surface area contributed by atoms with Crippen LogP contribution in [-0.2, 0) is 9.53 Å². The summed E-state index contributed by atoms with van der Waals surface area (Å²) in [7, 11) is 1.00. The van der Waals surface area contributed by atoms with Crippen LogP contribution in [0.3, 0.4) is 0 Å². The molecule has 138 valence electrons. The number of carbonyl (C=O) groups is 1. The molecular formula is C18H31NO5. The molecule has 24 heavy (non-hydrogen) atoms. The molecule has 4 N–H and O–H groups in total. The summed E-state index contributed by atoms with van der Waals surface area (Å²) in [5, 5.41) is 30.3. The van der Waals surface area contributed by atoms with Gasteiger partial charge in [0, 0.05) is 25.6 Å². The van der Waals surface area contributed by atoms with Gasteiger partial charge in [-0.3, -0.25) is 4.79 Å². The van der Waals surface area contributed by atoms with Gasteiger partial charge in [-0.25, -0.2) is 0 Å². The first-order chi connectivity index (χ1) is 11.5. The molecule has 0 spiro atoms. The lowest BCUT2D eigenvalue weighted by molar-refractivity contribution is -0.258. The van der Waals surface area contributed by atoms with Gasteiger partial charge in [0.2, 0.25) is 5.91 Å². The zero-order chi connectivity index (χ0) is 17.8. The summed E-state index contributed by atoms with van der Waals surface area (Å²) in [4.78, 5) is 12.5. The van der Waals surface area contributed by atoms with Crippen molar-refractivity contribution in [2.45, 2.75) is 62.7 Å². The summed E-state index contributed by atoms with van der Waals surface area (Å²) in [5.74, 6) is -0.173. The Balaban J connectivity index is 0.00000100. The average Bonchev–Trinajstić information content (AvgIpc) is 2.69. The third-order valence-electron chi connectivity index (χ3n) is 5.93. The number of nitrogens with one attached hydrogen (secondary N) is 1. The Kier molecular flexibility index (Phi) is 6.42. The van der Waals surface area contributed by atoms with E-state index in [2.05, 4.69) is 17.5 Å². The van der Waals surface area contributed by atoms with Crippen LogP contribution in [-0.4, -0.2) is 58.8 Å². The molecule has 3 rings (SSSR count). The molecule has 2 fully saturated rings. The summed E-state index contributed by atoms with van der Waals surface area (Å²) in [5.41, 5.74) is -1.21. The largest absolute Gasteiger partial charge is 0.400 e. The SMILES string of the molecule is CO.C[C@]12CC[C@@H](CCO)C(=O)N[C@@]1([C@@H](O)[C@@H]1C=CCCC1)CO2. The molecule has 0 unspecified atom stereocenters. The Bertz CT molecular complexity index is 468. The quantitative estimate of drug-likeness (QED) is 0.566. The van der Waals surface area contributed by atoms with Crippen molar-refractivity contribution in [1.82, 2.24) is 5.32 Å². The van der Waals surface area contributed by atoms with Gasteiger partial charge in [0.1, 0.15) is 5.54 Å². The first-order valence-electron chi connectivity index (χ1n) is 8.89. The van der Waals surface area contributed by atoms with Gasteiger partial charge in [-0.15, -0.1) is 0 Å². The van der Waals surface area contributed by atoms with Crippen molar-refractivity contribution < 1.29 is 24.9 Å². The third kappa shape index (κ3) is 3.25. The fraction of sp³-hybridized carbons (Fsp3) is 0.833. The molecule has 0 saturated carbocycles. The van der Waals surface area contributed by atoms with Crippen molar-refractivity contribution in [1.29, 1.82) is 0 Å². The van der Waals surface area contributed by atoms with Gasteiger partial charge >= 0.3 is 0 Å². The third-order valence-corrected chi connectivity index (χ3v) is 5.93. The number of aliphatic hydroxyl groups is 3. The fourth-order valence-corrected chi connectivity index (χ4v) is 4.21. The van der Waals surface area contributed by atoms with E-state index in [0.717, 1.165) is 32.8 Å². The van der Waals surface area contributed by atoms with Crippen LogP contribution in [0.2, 0.25) is 0 Å². The van der Waals surface area contributed by atoms with Gasteiger partial charge in [-0.1, -0.05) is 12.2 Å². The molecular weight excluding hydrogens is 310 g/mol. The van der Waals surface area contributed by atoms with Crippen LogP contribution >= 0.6 is 0 Å². The number of rotatable bonds is 4. The van der Waals surface area contributed by atoms with Gasteiger partial charge < -0.3 is 25.4 Å². The normalized spacial score (nSPS) is 39.5. The summed E-state index contributed by atoms with van der Waals surface area (Å²) in [6.07, 6.45) is 8.56. The lowest BCUT2D eigenvalue weighted by atomic mass is 9.66. The number of ether oxygens (including phenoxy) is 1. The highest BCUT2D eigenvalue weighted by Crippen LogP contribution is 2.48. The fourth-order valence-electron chi connectivity index (χ4n) is 4.21. The van der Waals surface area contributed by atoms with Crippen molar-refractivity contribution in [2.24, 2.45) is 11.8 Å². The summed E-state index contributed by atoms with van der Waals surface area (Å²) in [6.45, 7) is 2.37. The molecule has 2 saturated heterocycles. The van der Waals surface area contributed by atoms with E-state index < -0.39 is 17.2 Å². The molecule has 5 atom stereocenters. The van der Waals surface area contributed by atoms with Crippen LogP contribution < -0.4 is 5.32 Å². The number of allylic oxidation sites excluding steroid dienone is 1. The highest BCUT2D eigenvalue weighted by Gasteiger charge is 2.64. The molecule has 0 aromatic rings. The average molecular weight is 341 g/mol. The smallest absolute Gasteiger partial charge is 0.223 e. The monoisotopic (exact) mass is 341 g/mol. The summed E-state index contributed by atoms with van der Waals surface area (Å²) >= 11 is 0. The Labute approximate surface area is 143 Å². The molecule has 0 aromatic carbocycles. The number of carbonyl (C=O) groups excluding carboxylic acids is 1. The maximum atomic E-state index is 12.5. The lowest BCUT2D eigenvalue weighted by Crippen LogP contribution is -2.80. The van der Waals surface area contributed by atoms with E-state index in [1.165, 1.54) is 0 Å². The molecule has 1 amide bonds. The number of fused-ring (bicyclic) bond motifs is 1. The Morgan fingerprint density at radius 1 is 1.42 bits per heavy atom. The van der Waals surface area contributed by atoms with Crippen LogP contribution in [0.4, 0.5) is 0 Å². The predicted octanol–water partition coefficient (Wildman–Crippen LogP) is 0.748. The molecule has 6 nitrogen and oxygen atoms in total. The van der Waals surface area contributed by atoms with E-state index in [-0.39, 0.29) is 24.3 Å². The Hall–Kier alpha value is -0.950. The maximum absolute atomic E-state index is 12.5. The van der Waals surface area contributed by atoms with Crippen molar-refractivity contribution in [2.75, 3.05) is 20.3 Å². The minimum absolute atomic E-state index is 0.0105.